The van der Waals surface area contributed by atoms with Crippen molar-refractivity contribution in [2.75, 3.05) is 7.11 Å². The topological polar surface area (TPSA) is 46.1 Å². The highest BCUT2D eigenvalue weighted by molar-refractivity contribution is 5.27. The Morgan fingerprint density at radius 3 is 2.24 bits per heavy atom. The summed E-state index contributed by atoms with van der Waals surface area (Å²) in [6.07, 6.45) is 2.17. The quantitative estimate of drug-likeness (QED) is 0.821. The third kappa shape index (κ3) is 5.12. The number of phenolic OH excluding ortho intramolecular Hbond substituents is 1. The smallest absolute Gasteiger partial charge is 0.118 e. The fourth-order valence-electron chi connectivity index (χ4n) is 2.27. The van der Waals surface area contributed by atoms with Gasteiger partial charge < -0.3 is 15.2 Å². The molecule has 0 saturated heterocycles. The van der Waals surface area contributed by atoms with Crippen molar-refractivity contribution in [3.8, 4) is 11.5 Å². The molecule has 0 radical (unpaired) electrons. The molecule has 2 rings (SSSR count). The lowest BCUT2D eigenvalue weighted by Gasteiger charge is -2.11. The van der Waals surface area contributed by atoms with Crippen LogP contribution in [-0.4, -0.2) is 18.3 Å². The molecule has 0 aliphatic heterocycles. The third-order valence-electron chi connectivity index (χ3n) is 3.74. The van der Waals surface area contributed by atoms with Crippen LogP contribution in [0.2, 0.25) is 0 Å². The highest BCUT2D eigenvalue weighted by Gasteiger charge is 2.06. The van der Waals surface area contributed by atoms with E-state index in [1.165, 1.54) is 11.1 Å². The second-order valence-corrected chi connectivity index (χ2v) is 5.47. The van der Waals surface area contributed by atoms with Gasteiger partial charge in [-0.05, 0) is 55.3 Å². The molecule has 0 aliphatic carbocycles. The molecule has 1 atom stereocenters. The van der Waals surface area contributed by atoms with Gasteiger partial charge in [-0.15, -0.1) is 0 Å². The maximum Gasteiger partial charge on any atom is 0.118 e. The van der Waals surface area contributed by atoms with Crippen LogP contribution in [0.5, 0.6) is 11.5 Å². The Hall–Kier alpha value is -2.00. The van der Waals surface area contributed by atoms with Crippen molar-refractivity contribution < 1.29 is 15.2 Å². The average Bonchev–Trinajstić information content (AvgIpc) is 2.53. The molecule has 112 valence electrons. The Kier molecular flexibility index (Phi) is 5.64. The molecular formula is C18H24NO2+. The molecule has 0 fully saturated rings. The maximum absolute atomic E-state index is 9.27. The molecule has 0 aliphatic rings. The van der Waals surface area contributed by atoms with Gasteiger partial charge in [-0.3, -0.25) is 0 Å². The van der Waals surface area contributed by atoms with Crippen LogP contribution in [0.25, 0.3) is 0 Å². The molecule has 0 bridgehead atoms. The van der Waals surface area contributed by atoms with Crippen LogP contribution in [0.1, 0.15) is 24.5 Å². The summed E-state index contributed by atoms with van der Waals surface area (Å²) in [5.41, 5.74) is 2.59. The largest absolute Gasteiger partial charge is 0.508 e. The number of quaternary nitrogens is 1. The first-order valence-corrected chi connectivity index (χ1v) is 7.41. The molecule has 3 N–H and O–H groups in total. The molecule has 21 heavy (non-hydrogen) atoms. The molecule has 0 amide bonds. The first-order chi connectivity index (χ1) is 10.2. The van der Waals surface area contributed by atoms with E-state index in [1.807, 2.05) is 24.3 Å². The second-order valence-electron chi connectivity index (χ2n) is 5.47. The number of nitrogens with two attached hydrogens (primary N) is 1. The zero-order valence-electron chi connectivity index (χ0n) is 12.8. The molecule has 3 nitrogen and oxygen atoms in total. The van der Waals surface area contributed by atoms with Crippen molar-refractivity contribution in [1.29, 1.82) is 0 Å². The van der Waals surface area contributed by atoms with Crippen LogP contribution in [0.4, 0.5) is 0 Å². The maximum atomic E-state index is 9.27. The van der Waals surface area contributed by atoms with E-state index in [2.05, 4.69) is 24.4 Å². The van der Waals surface area contributed by atoms with Gasteiger partial charge in [0.1, 0.15) is 18.0 Å². The van der Waals surface area contributed by atoms with E-state index < -0.39 is 0 Å². The van der Waals surface area contributed by atoms with Crippen molar-refractivity contribution in [2.24, 2.45) is 0 Å². The average molecular weight is 286 g/mol. The number of hydrogen-bond acceptors (Lipinski definition) is 2. The molecule has 0 saturated carbocycles. The highest BCUT2D eigenvalue weighted by Crippen LogP contribution is 2.12. The first-order valence-electron chi connectivity index (χ1n) is 7.41. The summed E-state index contributed by atoms with van der Waals surface area (Å²) in [5, 5.41) is 11.6. The summed E-state index contributed by atoms with van der Waals surface area (Å²) in [6, 6.07) is 16.3. The van der Waals surface area contributed by atoms with Crippen LogP contribution in [0.3, 0.4) is 0 Å². The number of hydrogen-bond donors (Lipinski definition) is 2. The molecule has 0 aromatic heterocycles. The van der Waals surface area contributed by atoms with Gasteiger partial charge >= 0.3 is 0 Å². The number of rotatable bonds is 7. The predicted octanol–water partition coefficient (Wildman–Crippen LogP) is 2.49. The van der Waals surface area contributed by atoms with Crippen LogP contribution < -0.4 is 10.1 Å². The van der Waals surface area contributed by atoms with Gasteiger partial charge in [0.15, 0.2) is 0 Å². The van der Waals surface area contributed by atoms with E-state index in [0.29, 0.717) is 11.8 Å². The monoisotopic (exact) mass is 286 g/mol. The van der Waals surface area contributed by atoms with Crippen LogP contribution >= 0.6 is 0 Å². The van der Waals surface area contributed by atoms with E-state index in [9.17, 15) is 5.11 Å². The lowest BCUT2D eigenvalue weighted by atomic mass is 10.1. The van der Waals surface area contributed by atoms with Gasteiger partial charge in [-0.25, -0.2) is 0 Å². The summed E-state index contributed by atoms with van der Waals surface area (Å²) in [5.74, 6) is 1.23. The zero-order chi connectivity index (χ0) is 15.1. The van der Waals surface area contributed by atoms with Gasteiger partial charge in [-0.2, -0.15) is 0 Å². The van der Waals surface area contributed by atoms with Gasteiger partial charge in [0.05, 0.1) is 13.2 Å². The Labute approximate surface area is 126 Å². The normalized spacial score (nSPS) is 12.1. The number of aryl methyl sites for hydroxylation is 1. The molecular weight excluding hydrogens is 262 g/mol. The number of ether oxygens (including phenoxy) is 1. The summed E-state index contributed by atoms with van der Waals surface area (Å²) < 4.78 is 5.16. The summed E-state index contributed by atoms with van der Waals surface area (Å²) >= 11 is 0. The number of methoxy groups -OCH3 is 1. The van der Waals surface area contributed by atoms with Gasteiger partial charge in [0.2, 0.25) is 0 Å². The van der Waals surface area contributed by atoms with Crippen LogP contribution in [-0.2, 0) is 13.0 Å². The van der Waals surface area contributed by atoms with Gasteiger partial charge in [-0.1, -0.05) is 12.1 Å². The lowest BCUT2D eigenvalue weighted by Crippen LogP contribution is -2.87. The van der Waals surface area contributed by atoms with E-state index in [-0.39, 0.29) is 0 Å². The first kappa shape index (κ1) is 15.4. The summed E-state index contributed by atoms with van der Waals surface area (Å²) in [4.78, 5) is 0. The summed E-state index contributed by atoms with van der Waals surface area (Å²) in [7, 11) is 1.69. The minimum absolute atomic E-state index is 0.331. The molecule has 0 spiro atoms. The fourth-order valence-corrected chi connectivity index (χ4v) is 2.27. The Morgan fingerprint density at radius 2 is 1.62 bits per heavy atom. The Balaban J connectivity index is 1.73. The third-order valence-corrected chi connectivity index (χ3v) is 3.74. The minimum Gasteiger partial charge on any atom is -0.508 e. The molecule has 0 unspecified atom stereocenters. The Bertz CT molecular complexity index is 534. The standard InChI is InChI=1S/C18H23NO2/c1-14(3-4-15-5-9-17(20)10-6-15)19-13-16-7-11-18(21-2)12-8-16/h5-12,14,19-20H,3-4,13H2,1-2H3/p+1/t14-/m1/s1. The van der Waals surface area contributed by atoms with Crippen molar-refractivity contribution in [1.82, 2.24) is 0 Å². The minimum atomic E-state index is 0.331. The van der Waals surface area contributed by atoms with E-state index in [4.69, 9.17) is 4.74 Å². The van der Waals surface area contributed by atoms with Crippen LogP contribution in [0, 0.1) is 0 Å². The van der Waals surface area contributed by atoms with E-state index in [1.54, 1.807) is 19.2 Å². The fraction of sp³-hybridized carbons (Fsp3) is 0.333. The van der Waals surface area contributed by atoms with Gasteiger partial charge in [0, 0.05) is 12.0 Å². The molecule has 2 aromatic carbocycles. The zero-order valence-corrected chi connectivity index (χ0v) is 12.8. The van der Waals surface area contributed by atoms with Crippen LogP contribution in [0.15, 0.2) is 48.5 Å². The molecule has 3 heteroatoms. The number of aromatic hydroxyl groups is 1. The number of phenols is 1. The van der Waals surface area contributed by atoms with Crippen molar-refractivity contribution >= 4 is 0 Å². The number of benzene rings is 2. The van der Waals surface area contributed by atoms with Crippen molar-refractivity contribution in [3.63, 3.8) is 0 Å². The molecule has 0 heterocycles. The van der Waals surface area contributed by atoms with Crippen molar-refractivity contribution in [3.05, 3.63) is 59.7 Å². The van der Waals surface area contributed by atoms with Crippen molar-refractivity contribution in [2.45, 2.75) is 32.4 Å². The van der Waals surface area contributed by atoms with Gasteiger partial charge in [0.25, 0.3) is 0 Å². The molecule has 2 aromatic rings. The highest BCUT2D eigenvalue weighted by atomic mass is 16.5. The summed E-state index contributed by atoms with van der Waals surface area (Å²) in [6.45, 7) is 3.24. The SMILES string of the molecule is COc1ccc(C[NH2+][C@H](C)CCc2ccc(O)cc2)cc1. The van der Waals surface area contributed by atoms with E-state index >= 15 is 0 Å². The predicted molar refractivity (Wildman–Crippen MR) is 84.5 cm³/mol. The van der Waals surface area contributed by atoms with E-state index in [0.717, 1.165) is 25.1 Å². The Morgan fingerprint density at radius 1 is 1.00 bits per heavy atom. The lowest BCUT2D eigenvalue weighted by molar-refractivity contribution is -0.701. The second kappa shape index (κ2) is 7.70.